The van der Waals surface area contributed by atoms with Crippen LogP contribution in [-0.2, 0) is 19.9 Å². The topological polar surface area (TPSA) is 3.88 Å². The average molecular weight is 505 g/mol. The van der Waals surface area contributed by atoms with Crippen molar-refractivity contribution in [2.24, 2.45) is 18.4 Å². The van der Waals surface area contributed by atoms with Crippen LogP contribution in [0.3, 0.4) is 0 Å². The predicted molar refractivity (Wildman–Crippen MR) is 161 cm³/mol. The summed E-state index contributed by atoms with van der Waals surface area (Å²) < 4.78 is 2.36. The normalized spacial score (nSPS) is 13.2. The smallest absolute Gasteiger partial charge is 0.200 e. The molecule has 0 fully saturated rings. The third kappa shape index (κ3) is 4.05. The summed E-state index contributed by atoms with van der Waals surface area (Å²) in [6.45, 7) is 16.3. The van der Waals surface area contributed by atoms with E-state index in [1.54, 1.807) is 0 Å². The molecule has 0 atom stereocenters. The lowest BCUT2D eigenvalue weighted by Crippen LogP contribution is -2.32. The first kappa shape index (κ1) is 24.5. The molecule has 0 saturated carbocycles. The molecule has 0 bridgehead atoms. The highest BCUT2D eigenvalue weighted by atomic mass is 32.2. The van der Waals surface area contributed by atoms with E-state index in [0.29, 0.717) is 5.92 Å². The summed E-state index contributed by atoms with van der Waals surface area (Å²) in [5.41, 5.74) is 8.66. The molecule has 5 aromatic rings. The molecule has 0 amide bonds. The van der Waals surface area contributed by atoms with Crippen LogP contribution in [0, 0.1) is 25.2 Å². The lowest BCUT2D eigenvalue weighted by atomic mass is 9.82. The van der Waals surface area contributed by atoms with Gasteiger partial charge in [-0.3, -0.25) is 0 Å². The summed E-state index contributed by atoms with van der Waals surface area (Å²) in [5, 5.41) is 8.32. The molecule has 2 heterocycles. The molecule has 0 aliphatic carbocycles. The van der Waals surface area contributed by atoms with Crippen LogP contribution in [0.25, 0.3) is 43.6 Å². The van der Waals surface area contributed by atoms with E-state index in [-0.39, 0.29) is 5.41 Å². The van der Waals surface area contributed by atoms with Gasteiger partial charge in [-0.25, -0.2) is 4.57 Å². The standard InChI is InChI=1S/C35H38NS/c1-20(2)15-23-10-12-25-24(17-23)18-30-32-27(25)13-14-36(8)33(32)31-22(4)28-16-21(3)9-11-26(28)29(34(31)37-30)19-35(5,6)7/h9-14,16-18,20H,15,19H2,1-8H3/q+1. The van der Waals surface area contributed by atoms with E-state index in [9.17, 15) is 0 Å². The molecule has 1 nitrogen and oxygen atoms in total. The molecular weight excluding hydrogens is 466 g/mol. The molecule has 0 radical (unpaired) electrons. The lowest BCUT2D eigenvalue weighted by Gasteiger charge is -2.28. The van der Waals surface area contributed by atoms with Crippen LogP contribution >= 0.6 is 11.8 Å². The molecule has 4 aromatic carbocycles. The fourth-order valence-electron chi connectivity index (χ4n) is 6.32. The van der Waals surface area contributed by atoms with Gasteiger partial charge in [-0.05, 0) is 82.3 Å². The molecule has 2 heteroatoms. The Bertz CT molecular complexity index is 1730. The van der Waals surface area contributed by atoms with Gasteiger partial charge < -0.3 is 0 Å². The van der Waals surface area contributed by atoms with Crippen molar-refractivity contribution in [1.82, 2.24) is 0 Å². The number of aromatic nitrogens is 1. The minimum atomic E-state index is 0.199. The maximum absolute atomic E-state index is 2.47. The van der Waals surface area contributed by atoms with Gasteiger partial charge in [0.25, 0.3) is 0 Å². The van der Waals surface area contributed by atoms with E-state index >= 15 is 0 Å². The highest BCUT2D eigenvalue weighted by Gasteiger charge is 2.33. The summed E-state index contributed by atoms with van der Waals surface area (Å²) in [6.07, 6.45) is 4.45. The third-order valence-electron chi connectivity index (χ3n) is 7.84. The Kier molecular flexibility index (Phi) is 5.69. The number of benzene rings is 4. The summed E-state index contributed by atoms with van der Waals surface area (Å²) >= 11 is 2.01. The zero-order chi connectivity index (χ0) is 26.2. The van der Waals surface area contributed by atoms with Crippen molar-refractivity contribution in [3.05, 3.63) is 77.0 Å². The Labute approximate surface area is 225 Å². The first-order valence-electron chi connectivity index (χ1n) is 13.6. The van der Waals surface area contributed by atoms with Crippen molar-refractivity contribution in [2.75, 3.05) is 0 Å². The molecular formula is C35H38NS+. The second kappa shape index (κ2) is 8.60. The molecule has 1 aromatic heterocycles. The van der Waals surface area contributed by atoms with Crippen molar-refractivity contribution in [2.45, 2.75) is 71.1 Å². The first-order valence-corrected chi connectivity index (χ1v) is 14.5. The number of aryl methyl sites for hydroxylation is 3. The van der Waals surface area contributed by atoms with Crippen molar-refractivity contribution in [3.8, 4) is 11.3 Å². The fraction of sp³-hybridized carbons (Fsp3) is 0.343. The van der Waals surface area contributed by atoms with Crippen molar-refractivity contribution < 1.29 is 4.57 Å². The van der Waals surface area contributed by atoms with Gasteiger partial charge in [0.1, 0.15) is 7.05 Å². The van der Waals surface area contributed by atoms with E-state index in [0.717, 1.165) is 12.8 Å². The Morgan fingerprint density at radius 2 is 1.62 bits per heavy atom. The van der Waals surface area contributed by atoms with Crippen LogP contribution in [0.1, 0.15) is 56.9 Å². The predicted octanol–water partition coefficient (Wildman–Crippen LogP) is 9.51. The van der Waals surface area contributed by atoms with Gasteiger partial charge in [-0.15, -0.1) is 0 Å². The van der Waals surface area contributed by atoms with Gasteiger partial charge in [-0.1, -0.05) is 88.3 Å². The summed E-state index contributed by atoms with van der Waals surface area (Å²) in [5.74, 6) is 0.656. The van der Waals surface area contributed by atoms with Gasteiger partial charge in [0.15, 0.2) is 6.20 Å². The van der Waals surface area contributed by atoms with Crippen molar-refractivity contribution >= 4 is 44.1 Å². The van der Waals surface area contributed by atoms with Crippen LogP contribution in [0.5, 0.6) is 0 Å². The van der Waals surface area contributed by atoms with Crippen LogP contribution < -0.4 is 4.57 Å². The number of pyridine rings is 1. The van der Waals surface area contributed by atoms with Gasteiger partial charge in [0, 0.05) is 21.2 Å². The third-order valence-corrected chi connectivity index (χ3v) is 9.04. The van der Waals surface area contributed by atoms with E-state index in [4.69, 9.17) is 0 Å². The molecule has 1 aliphatic heterocycles. The van der Waals surface area contributed by atoms with Crippen LogP contribution in [0.15, 0.2) is 64.5 Å². The summed E-state index contributed by atoms with van der Waals surface area (Å²) in [7, 11) is 2.22. The molecule has 1 aliphatic rings. The Morgan fingerprint density at radius 1 is 0.865 bits per heavy atom. The number of nitrogens with zero attached hydrogens (tertiary/aromatic N) is 1. The Morgan fingerprint density at radius 3 is 2.35 bits per heavy atom. The summed E-state index contributed by atoms with van der Waals surface area (Å²) in [6, 6.07) is 19.0. The Balaban J connectivity index is 1.74. The molecule has 6 rings (SSSR count). The molecule has 0 N–H and O–H groups in total. The fourth-order valence-corrected chi connectivity index (χ4v) is 7.69. The molecule has 188 valence electrons. The second-order valence-corrected chi connectivity index (χ2v) is 13.8. The van der Waals surface area contributed by atoms with E-state index in [1.807, 2.05) is 11.8 Å². The largest absolute Gasteiger partial charge is 0.222 e. The van der Waals surface area contributed by atoms with Crippen molar-refractivity contribution in [3.63, 3.8) is 0 Å². The van der Waals surface area contributed by atoms with E-state index in [1.165, 1.54) is 75.6 Å². The molecule has 0 saturated heterocycles. The lowest BCUT2D eigenvalue weighted by molar-refractivity contribution is -0.659. The number of fused-ring (bicyclic) bond motifs is 5. The number of hydrogen-bond donors (Lipinski definition) is 0. The van der Waals surface area contributed by atoms with E-state index in [2.05, 4.69) is 115 Å². The molecule has 0 unspecified atom stereocenters. The molecule has 37 heavy (non-hydrogen) atoms. The zero-order valence-electron chi connectivity index (χ0n) is 23.5. The SMILES string of the molecule is Cc1ccc2c(CC(C)(C)C)c3c(c(C)c2c1)-c1c2c(cc4cc(CC(C)C)ccc4c2cc[n+]1C)S3. The van der Waals surface area contributed by atoms with Gasteiger partial charge in [0.05, 0.1) is 10.9 Å². The van der Waals surface area contributed by atoms with Crippen LogP contribution in [0.4, 0.5) is 0 Å². The average Bonchev–Trinajstić information content (AvgIpc) is 2.81. The van der Waals surface area contributed by atoms with Gasteiger partial charge >= 0.3 is 0 Å². The first-order chi connectivity index (χ1) is 17.5. The molecule has 0 spiro atoms. The number of hydrogen-bond acceptors (Lipinski definition) is 1. The monoisotopic (exact) mass is 504 g/mol. The highest BCUT2D eigenvalue weighted by Crippen LogP contribution is 2.53. The van der Waals surface area contributed by atoms with Crippen LogP contribution in [-0.4, -0.2) is 0 Å². The van der Waals surface area contributed by atoms with Crippen molar-refractivity contribution in [1.29, 1.82) is 0 Å². The quantitative estimate of drug-likeness (QED) is 0.171. The number of rotatable bonds is 3. The van der Waals surface area contributed by atoms with Gasteiger partial charge in [-0.2, -0.15) is 0 Å². The maximum atomic E-state index is 2.47. The highest BCUT2D eigenvalue weighted by molar-refractivity contribution is 8.00. The Hall–Kier alpha value is -2.84. The van der Waals surface area contributed by atoms with Gasteiger partial charge in [0.2, 0.25) is 5.69 Å². The summed E-state index contributed by atoms with van der Waals surface area (Å²) in [4.78, 5) is 2.85. The minimum absolute atomic E-state index is 0.199. The maximum Gasteiger partial charge on any atom is 0.222 e. The van der Waals surface area contributed by atoms with Crippen LogP contribution in [0.2, 0.25) is 0 Å². The minimum Gasteiger partial charge on any atom is -0.200 e. The second-order valence-electron chi connectivity index (χ2n) is 12.8. The van der Waals surface area contributed by atoms with E-state index < -0.39 is 0 Å². The zero-order valence-corrected chi connectivity index (χ0v) is 24.4.